The normalized spacial score (nSPS) is 9.73. The van der Waals surface area contributed by atoms with E-state index in [4.69, 9.17) is 23.4 Å². The first-order valence-corrected chi connectivity index (χ1v) is 4.26. The van der Waals surface area contributed by atoms with E-state index >= 15 is 0 Å². The van der Waals surface area contributed by atoms with Crippen LogP contribution in [0.25, 0.3) is 0 Å². The smallest absolute Gasteiger partial charge is 0.267 e. The monoisotopic (exact) mass is 210 g/mol. The van der Waals surface area contributed by atoms with Gasteiger partial charge in [-0.25, -0.2) is 4.98 Å². The summed E-state index contributed by atoms with van der Waals surface area (Å²) >= 11 is 11.8. The van der Waals surface area contributed by atoms with Gasteiger partial charge in [-0.05, 0) is 6.92 Å². The number of carbonyl (C=O) groups is 1. The molecule has 0 aromatic carbocycles. The van der Waals surface area contributed by atoms with Crippen LogP contribution in [-0.2, 0) is 0 Å². The maximum absolute atomic E-state index is 10.9. The Balaban J connectivity index is 3.03. The molecule has 1 heterocycles. The van der Waals surface area contributed by atoms with Crippen LogP contribution in [0.15, 0.2) is 0 Å². The summed E-state index contributed by atoms with van der Waals surface area (Å²) in [6.07, 6.45) is 0. The van der Waals surface area contributed by atoms with Crippen molar-refractivity contribution in [2.24, 2.45) is 0 Å². The topological polar surface area (TPSA) is 42.0 Å². The van der Waals surface area contributed by atoms with Crippen LogP contribution in [0.5, 0.6) is 0 Å². The summed E-state index contributed by atoms with van der Waals surface area (Å²) in [5.74, 6) is -0.367. The predicted molar refractivity (Wildman–Crippen MR) is 45.2 cm³/mol. The highest BCUT2D eigenvalue weighted by Gasteiger charge is 2.12. The lowest BCUT2D eigenvalue weighted by atomic mass is 10.4. The highest BCUT2D eigenvalue weighted by atomic mass is 35.5. The minimum atomic E-state index is -0.367. The molecule has 0 radical (unpaired) electrons. The molecule has 0 bridgehead atoms. The number of nitrogens with zero attached hydrogens (tertiary/aromatic N) is 1. The summed E-state index contributed by atoms with van der Waals surface area (Å²) in [7, 11) is 0. The van der Waals surface area contributed by atoms with Crippen LogP contribution >= 0.6 is 34.7 Å². The number of rotatable bonds is 1. The Morgan fingerprint density at radius 2 is 2.36 bits per heavy atom. The van der Waals surface area contributed by atoms with Gasteiger partial charge in [0.15, 0.2) is 4.47 Å². The van der Waals surface area contributed by atoms with E-state index in [0.717, 1.165) is 11.3 Å². The second-order valence-electron chi connectivity index (χ2n) is 1.80. The molecule has 0 spiro atoms. The molecule has 0 aliphatic heterocycles. The van der Waals surface area contributed by atoms with Gasteiger partial charge < -0.3 is 0 Å². The molecular formula is C5H4Cl2N2OS. The van der Waals surface area contributed by atoms with Gasteiger partial charge in [-0.3, -0.25) is 9.63 Å². The van der Waals surface area contributed by atoms with Crippen LogP contribution < -0.4 is 4.84 Å². The highest BCUT2D eigenvalue weighted by molar-refractivity contribution is 7.17. The van der Waals surface area contributed by atoms with Crippen LogP contribution in [0.3, 0.4) is 0 Å². The largest absolute Gasteiger partial charge is 0.277 e. The van der Waals surface area contributed by atoms with Gasteiger partial charge in [0, 0.05) is 11.8 Å². The minimum Gasteiger partial charge on any atom is -0.267 e. The Hall–Kier alpha value is -0.320. The number of thiazole rings is 1. The van der Waals surface area contributed by atoms with E-state index < -0.39 is 0 Å². The van der Waals surface area contributed by atoms with Crippen molar-refractivity contribution in [1.29, 1.82) is 0 Å². The number of hydrogen-bond acceptors (Lipinski definition) is 3. The molecule has 0 aliphatic carbocycles. The maximum Gasteiger partial charge on any atom is 0.277 e. The van der Waals surface area contributed by atoms with Crippen molar-refractivity contribution in [3.05, 3.63) is 15.0 Å². The van der Waals surface area contributed by atoms with Crippen molar-refractivity contribution >= 4 is 40.6 Å². The van der Waals surface area contributed by atoms with Crippen molar-refractivity contribution in [2.45, 2.75) is 6.92 Å². The second-order valence-corrected chi connectivity index (χ2v) is 3.58. The van der Waals surface area contributed by atoms with E-state index in [9.17, 15) is 4.79 Å². The van der Waals surface area contributed by atoms with Crippen LogP contribution in [0.4, 0.5) is 0 Å². The number of halogens is 2. The molecule has 1 aromatic heterocycles. The molecule has 1 aromatic rings. The van der Waals surface area contributed by atoms with Crippen LogP contribution in [0.1, 0.15) is 15.4 Å². The highest BCUT2D eigenvalue weighted by Crippen LogP contribution is 2.21. The third kappa shape index (κ3) is 1.83. The van der Waals surface area contributed by atoms with Gasteiger partial charge in [0.25, 0.3) is 5.91 Å². The molecule has 1 amide bonds. The fourth-order valence-corrected chi connectivity index (χ4v) is 1.81. The molecule has 0 unspecified atom stereocenters. The van der Waals surface area contributed by atoms with Crippen LogP contribution in [-0.4, -0.2) is 10.9 Å². The summed E-state index contributed by atoms with van der Waals surface area (Å²) < 4.78 is 0.345. The number of amides is 1. The van der Waals surface area contributed by atoms with Crippen molar-refractivity contribution in [2.75, 3.05) is 0 Å². The Bertz CT molecular complexity index is 286. The average Bonchev–Trinajstić information content (AvgIpc) is 2.28. The molecule has 6 heteroatoms. The first-order chi connectivity index (χ1) is 5.15. The lowest BCUT2D eigenvalue weighted by molar-refractivity contribution is 0.0985. The number of nitrogens with one attached hydrogen (secondary N) is 1. The van der Waals surface area contributed by atoms with Crippen molar-refractivity contribution in [3.8, 4) is 0 Å². The fourth-order valence-electron chi connectivity index (χ4n) is 0.617. The second kappa shape index (κ2) is 3.38. The Morgan fingerprint density at radius 3 is 2.73 bits per heavy atom. The Kier molecular flexibility index (Phi) is 2.70. The predicted octanol–water partition coefficient (Wildman–Crippen LogP) is 1.99. The van der Waals surface area contributed by atoms with Gasteiger partial charge >= 0.3 is 0 Å². The number of aryl methyl sites for hydroxylation is 1. The number of hydrogen-bond donors (Lipinski definition) is 1. The van der Waals surface area contributed by atoms with E-state index in [1.54, 1.807) is 6.92 Å². The third-order valence-electron chi connectivity index (χ3n) is 1.06. The molecule has 0 saturated heterocycles. The van der Waals surface area contributed by atoms with E-state index in [0.29, 0.717) is 15.0 Å². The molecule has 0 aliphatic rings. The number of carbonyl (C=O) groups excluding carboxylic acids is 1. The molecule has 60 valence electrons. The molecule has 0 fully saturated rings. The molecule has 0 atom stereocenters. The zero-order valence-electron chi connectivity index (χ0n) is 5.52. The van der Waals surface area contributed by atoms with Crippen molar-refractivity contribution < 1.29 is 4.79 Å². The van der Waals surface area contributed by atoms with E-state index in [1.165, 1.54) is 0 Å². The molecule has 1 N–H and O–H groups in total. The van der Waals surface area contributed by atoms with Crippen molar-refractivity contribution in [1.82, 2.24) is 9.82 Å². The zero-order valence-corrected chi connectivity index (χ0v) is 7.85. The Labute approximate surface area is 77.5 Å². The Morgan fingerprint density at radius 1 is 1.73 bits per heavy atom. The van der Waals surface area contributed by atoms with Gasteiger partial charge in [-0.1, -0.05) is 22.9 Å². The van der Waals surface area contributed by atoms with Crippen molar-refractivity contribution in [3.63, 3.8) is 0 Å². The maximum atomic E-state index is 10.9. The fraction of sp³-hybridized carbons (Fsp3) is 0.200. The molecular weight excluding hydrogens is 207 g/mol. The SMILES string of the molecule is Cc1nc(Cl)sc1C(=O)NCl. The zero-order chi connectivity index (χ0) is 8.43. The lowest BCUT2D eigenvalue weighted by Crippen LogP contribution is -2.11. The average molecular weight is 211 g/mol. The third-order valence-corrected chi connectivity index (χ3v) is 2.49. The first-order valence-electron chi connectivity index (χ1n) is 2.69. The summed E-state index contributed by atoms with van der Waals surface area (Å²) in [6, 6.07) is 0. The molecule has 3 nitrogen and oxygen atoms in total. The van der Waals surface area contributed by atoms with E-state index in [1.807, 2.05) is 4.84 Å². The van der Waals surface area contributed by atoms with Gasteiger partial charge in [0.2, 0.25) is 0 Å². The quantitative estimate of drug-likeness (QED) is 0.721. The first kappa shape index (κ1) is 8.77. The van der Waals surface area contributed by atoms with Crippen LogP contribution in [0, 0.1) is 6.92 Å². The number of aromatic nitrogens is 1. The van der Waals surface area contributed by atoms with Gasteiger partial charge in [-0.2, -0.15) is 0 Å². The van der Waals surface area contributed by atoms with Gasteiger partial charge in [0.1, 0.15) is 4.88 Å². The molecule has 0 saturated carbocycles. The van der Waals surface area contributed by atoms with E-state index in [2.05, 4.69) is 4.98 Å². The summed E-state index contributed by atoms with van der Waals surface area (Å²) in [6.45, 7) is 1.70. The van der Waals surface area contributed by atoms with E-state index in [-0.39, 0.29) is 5.91 Å². The molecule has 11 heavy (non-hydrogen) atoms. The van der Waals surface area contributed by atoms with Crippen LogP contribution in [0.2, 0.25) is 4.47 Å². The standard InChI is InChI=1S/C5H4Cl2N2OS/c1-2-3(4(10)9-7)11-5(6)8-2/h1H3,(H,9,10). The summed E-state index contributed by atoms with van der Waals surface area (Å²) in [4.78, 5) is 17.2. The van der Waals surface area contributed by atoms with Gasteiger partial charge in [0.05, 0.1) is 5.69 Å². The minimum absolute atomic E-state index is 0.345. The molecule has 1 rings (SSSR count). The van der Waals surface area contributed by atoms with Gasteiger partial charge in [-0.15, -0.1) is 0 Å². The lowest BCUT2D eigenvalue weighted by Gasteiger charge is -1.91. The summed E-state index contributed by atoms with van der Waals surface area (Å²) in [5.41, 5.74) is 0.596. The summed E-state index contributed by atoms with van der Waals surface area (Å²) in [5, 5.41) is 0.